The third kappa shape index (κ3) is 5.02. The highest BCUT2D eigenvalue weighted by Crippen LogP contribution is 2.40. The number of carbonyl (C=O) groups excluding carboxylic acids is 1. The van der Waals surface area contributed by atoms with Crippen LogP contribution < -0.4 is 4.72 Å². The summed E-state index contributed by atoms with van der Waals surface area (Å²) < 4.78 is 56.6. The molecule has 2 aromatic carbocycles. The Morgan fingerprint density at radius 1 is 1.09 bits per heavy atom. The Bertz CT molecular complexity index is 1100. The van der Waals surface area contributed by atoms with Crippen molar-refractivity contribution in [1.29, 1.82) is 0 Å². The average Bonchev–Trinajstić information content (AvgIpc) is 3.11. The molecular formula is C24H28F2N2O3S. The topological polar surface area (TPSA) is 66.5 Å². The maximum atomic E-state index is 15.1. The Balaban J connectivity index is 1.76. The Morgan fingerprint density at radius 2 is 1.88 bits per heavy atom. The summed E-state index contributed by atoms with van der Waals surface area (Å²) in [7, 11) is -3.43. The van der Waals surface area contributed by atoms with Crippen LogP contribution in [0.2, 0.25) is 0 Å². The van der Waals surface area contributed by atoms with Gasteiger partial charge in [0.2, 0.25) is 15.9 Å². The standard InChI is InChI=1S/C24H28F2N2O3S/c1-32(30,31)27-21-12-14-28-22(21)16-17-7-6-8-18(15-17)19-9-2-3-10-20(19)24(25,26)13-5-4-11-23(28)29/h2-3,6-10,15,21-22,27H,4-5,11-14,16H2,1H3. The van der Waals surface area contributed by atoms with E-state index in [2.05, 4.69) is 4.72 Å². The number of hydrogen-bond acceptors (Lipinski definition) is 3. The Hall–Kier alpha value is -2.32. The second-order valence-electron chi connectivity index (χ2n) is 8.80. The number of carbonyl (C=O) groups is 1. The molecule has 4 rings (SSSR count). The molecule has 1 saturated heterocycles. The van der Waals surface area contributed by atoms with Crippen LogP contribution in [-0.4, -0.2) is 44.1 Å². The molecule has 8 heteroatoms. The minimum absolute atomic E-state index is 0.000326. The number of hydrogen-bond donors (Lipinski definition) is 1. The molecule has 5 nitrogen and oxygen atoms in total. The number of halogens is 2. The lowest BCUT2D eigenvalue weighted by atomic mass is 9.90. The van der Waals surface area contributed by atoms with E-state index in [0.29, 0.717) is 36.9 Å². The molecule has 1 amide bonds. The van der Waals surface area contributed by atoms with Gasteiger partial charge in [-0.3, -0.25) is 4.79 Å². The van der Waals surface area contributed by atoms with Crippen LogP contribution in [0.3, 0.4) is 0 Å². The van der Waals surface area contributed by atoms with Gasteiger partial charge >= 0.3 is 0 Å². The minimum Gasteiger partial charge on any atom is -0.338 e. The maximum absolute atomic E-state index is 15.1. The van der Waals surface area contributed by atoms with Gasteiger partial charge in [0.15, 0.2) is 0 Å². The van der Waals surface area contributed by atoms with Gasteiger partial charge in [0, 0.05) is 31.0 Å². The molecule has 2 aliphatic heterocycles. The summed E-state index contributed by atoms with van der Waals surface area (Å²) >= 11 is 0. The van der Waals surface area contributed by atoms with Crippen LogP contribution in [0.1, 0.15) is 43.2 Å². The van der Waals surface area contributed by atoms with Crippen LogP contribution in [0.15, 0.2) is 48.5 Å². The van der Waals surface area contributed by atoms with Gasteiger partial charge in [-0.1, -0.05) is 48.5 Å². The molecule has 2 aliphatic rings. The summed E-state index contributed by atoms with van der Waals surface area (Å²) in [5.41, 5.74) is 2.07. The predicted molar refractivity (Wildman–Crippen MR) is 120 cm³/mol. The molecule has 2 aromatic rings. The maximum Gasteiger partial charge on any atom is 0.273 e. The van der Waals surface area contributed by atoms with Gasteiger partial charge in [0.25, 0.3) is 5.92 Å². The highest BCUT2D eigenvalue weighted by Gasteiger charge is 2.39. The van der Waals surface area contributed by atoms with Gasteiger partial charge in [-0.2, -0.15) is 0 Å². The fourth-order valence-corrected chi connectivity index (χ4v) is 5.72. The van der Waals surface area contributed by atoms with Crippen molar-refractivity contribution in [1.82, 2.24) is 9.62 Å². The third-order valence-corrected chi connectivity index (χ3v) is 7.10. The molecule has 2 heterocycles. The Kier molecular flexibility index (Phi) is 6.36. The number of rotatable bonds is 2. The fraction of sp³-hybridized carbons (Fsp3) is 0.458. The lowest BCUT2D eigenvalue weighted by Gasteiger charge is -2.29. The summed E-state index contributed by atoms with van der Waals surface area (Å²) in [5, 5.41) is 0. The van der Waals surface area contributed by atoms with E-state index in [9.17, 15) is 13.2 Å². The molecule has 32 heavy (non-hydrogen) atoms. The highest BCUT2D eigenvalue weighted by atomic mass is 32.2. The van der Waals surface area contributed by atoms with Gasteiger partial charge in [-0.15, -0.1) is 0 Å². The van der Waals surface area contributed by atoms with Gasteiger partial charge in [0.1, 0.15) is 0 Å². The van der Waals surface area contributed by atoms with E-state index in [1.807, 2.05) is 24.3 Å². The number of nitrogens with zero attached hydrogens (tertiary/aromatic N) is 1. The summed E-state index contributed by atoms with van der Waals surface area (Å²) in [6.45, 7) is 0.454. The van der Waals surface area contributed by atoms with Crippen LogP contribution in [0.5, 0.6) is 0 Å². The number of alkyl halides is 2. The number of fused-ring (bicyclic) bond motifs is 5. The first kappa shape index (κ1) is 22.9. The van der Waals surface area contributed by atoms with E-state index in [4.69, 9.17) is 0 Å². The van der Waals surface area contributed by atoms with Crippen LogP contribution in [0.25, 0.3) is 11.1 Å². The van der Waals surface area contributed by atoms with Crippen molar-refractivity contribution in [3.05, 3.63) is 59.7 Å². The zero-order chi connectivity index (χ0) is 22.9. The minimum atomic E-state index is -3.43. The van der Waals surface area contributed by atoms with Crippen molar-refractivity contribution in [3.8, 4) is 11.1 Å². The Labute approximate surface area is 187 Å². The van der Waals surface area contributed by atoms with Crippen LogP contribution in [-0.2, 0) is 27.2 Å². The van der Waals surface area contributed by atoms with Gasteiger partial charge in [-0.25, -0.2) is 21.9 Å². The zero-order valence-corrected chi connectivity index (χ0v) is 18.9. The lowest BCUT2D eigenvalue weighted by molar-refractivity contribution is -0.132. The third-order valence-electron chi connectivity index (χ3n) is 6.37. The van der Waals surface area contributed by atoms with Crippen LogP contribution in [0, 0.1) is 0 Å². The lowest BCUT2D eigenvalue weighted by Crippen LogP contribution is -2.47. The molecule has 0 aromatic heterocycles. The molecule has 172 valence electrons. The summed E-state index contributed by atoms with van der Waals surface area (Å²) in [5.74, 6) is -3.09. The van der Waals surface area contributed by atoms with E-state index >= 15 is 8.78 Å². The number of nitrogens with one attached hydrogen (secondary N) is 1. The van der Waals surface area contributed by atoms with Crippen molar-refractivity contribution in [3.63, 3.8) is 0 Å². The second kappa shape index (κ2) is 8.90. The molecule has 1 N–H and O–H groups in total. The van der Waals surface area contributed by atoms with Crippen molar-refractivity contribution < 1.29 is 22.0 Å². The van der Waals surface area contributed by atoms with E-state index in [1.165, 1.54) is 6.07 Å². The molecule has 2 atom stereocenters. The SMILES string of the molecule is CS(=O)(=O)NC1CCN2C(=O)CCCCC(F)(F)c3ccccc3-c3cccc(c3)CC12. The van der Waals surface area contributed by atoms with Crippen molar-refractivity contribution in [2.24, 2.45) is 0 Å². The highest BCUT2D eigenvalue weighted by molar-refractivity contribution is 7.88. The van der Waals surface area contributed by atoms with E-state index in [1.54, 1.807) is 23.1 Å². The van der Waals surface area contributed by atoms with Gasteiger partial charge < -0.3 is 4.90 Å². The first-order valence-corrected chi connectivity index (χ1v) is 12.9. The van der Waals surface area contributed by atoms with Crippen molar-refractivity contribution >= 4 is 15.9 Å². The summed E-state index contributed by atoms with van der Waals surface area (Å²) in [4.78, 5) is 14.7. The second-order valence-corrected chi connectivity index (χ2v) is 10.6. The monoisotopic (exact) mass is 462 g/mol. The first-order valence-electron chi connectivity index (χ1n) is 11.0. The molecule has 2 unspecified atom stereocenters. The largest absolute Gasteiger partial charge is 0.338 e. The first-order chi connectivity index (χ1) is 15.1. The Morgan fingerprint density at radius 3 is 2.66 bits per heavy atom. The van der Waals surface area contributed by atoms with E-state index in [0.717, 1.165) is 11.8 Å². The smallest absolute Gasteiger partial charge is 0.273 e. The molecular weight excluding hydrogens is 434 g/mol. The van der Waals surface area contributed by atoms with Crippen molar-refractivity contribution in [2.45, 2.75) is 56.5 Å². The molecule has 1 fully saturated rings. The summed E-state index contributed by atoms with van der Waals surface area (Å²) in [6, 6.07) is 13.3. The molecule has 0 aliphatic carbocycles. The molecule has 0 saturated carbocycles. The number of benzene rings is 2. The zero-order valence-electron chi connectivity index (χ0n) is 18.1. The average molecular weight is 463 g/mol. The normalized spacial score (nSPS) is 23.8. The van der Waals surface area contributed by atoms with Crippen LogP contribution >= 0.6 is 0 Å². The number of sulfonamides is 1. The predicted octanol–water partition coefficient (Wildman–Crippen LogP) is 4.08. The van der Waals surface area contributed by atoms with Crippen molar-refractivity contribution in [2.75, 3.05) is 12.8 Å². The fourth-order valence-electron chi connectivity index (χ4n) is 4.89. The van der Waals surface area contributed by atoms with Crippen LogP contribution in [0.4, 0.5) is 8.78 Å². The quantitative estimate of drug-likeness (QED) is 0.731. The van der Waals surface area contributed by atoms with E-state index in [-0.39, 0.29) is 42.8 Å². The van der Waals surface area contributed by atoms with Gasteiger partial charge in [0.05, 0.1) is 12.3 Å². The molecule has 0 spiro atoms. The summed E-state index contributed by atoms with van der Waals surface area (Å²) in [6.07, 6.45) is 2.57. The molecule has 0 radical (unpaired) electrons. The molecule has 2 bridgehead atoms. The number of amides is 1. The van der Waals surface area contributed by atoms with E-state index < -0.39 is 15.9 Å². The van der Waals surface area contributed by atoms with Gasteiger partial charge in [-0.05, 0) is 42.4 Å².